The fraction of sp³-hybridized carbons (Fsp3) is 0.333. The van der Waals surface area contributed by atoms with Crippen LogP contribution in [0.1, 0.15) is 22.3 Å². The maximum absolute atomic E-state index is 13.2. The summed E-state index contributed by atoms with van der Waals surface area (Å²) < 4.78 is 20.4. The fourth-order valence-electron chi connectivity index (χ4n) is 3.08. The van der Waals surface area contributed by atoms with Crippen LogP contribution in [-0.2, 0) is 24.0 Å². The summed E-state index contributed by atoms with van der Waals surface area (Å²) in [5.74, 6) is 0.783. The van der Waals surface area contributed by atoms with E-state index >= 15 is 0 Å². The lowest BCUT2D eigenvalue weighted by atomic mass is 10.1. The minimum atomic E-state index is -1.27. The number of fused-ring (bicyclic) bond motifs is 1. The number of aliphatic hydroxyl groups excluding tert-OH is 1. The van der Waals surface area contributed by atoms with Crippen LogP contribution in [-0.4, -0.2) is 23.0 Å². The highest BCUT2D eigenvalue weighted by atomic mass is 32.2. The van der Waals surface area contributed by atoms with Gasteiger partial charge in [-0.25, -0.2) is 4.21 Å². The molecule has 1 heterocycles. The van der Waals surface area contributed by atoms with E-state index in [1.54, 1.807) is 7.11 Å². The van der Waals surface area contributed by atoms with Crippen molar-refractivity contribution in [2.24, 2.45) is 0 Å². The number of ether oxygens (including phenoxy) is 1. The van der Waals surface area contributed by atoms with Crippen LogP contribution in [0.25, 0.3) is 0 Å². The van der Waals surface area contributed by atoms with E-state index in [9.17, 15) is 9.32 Å². The standard InChI is InChI=1S/C18H21NO3S/c1-12-8-16(22-3)9-13(2)18(12)23(21)19-7-6-15-5-4-14(11-20)10-17(15)19/h4-5,8-10,20H,6-7,11H2,1-3H3. The number of anilines is 1. The van der Waals surface area contributed by atoms with Gasteiger partial charge in [-0.1, -0.05) is 12.1 Å². The van der Waals surface area contributed by atoms with Crippen molar-refractivity contribution in [3.8, 4) is 5.75 Å². The molecule has 1 unspecified atom stereocenters. The van der Waals surface area contributed by atoms with Crippen LogP contribution in [0, 0.1) is 13.8 Å². The molecule has 0 saturated heterocycles. The van der Waals surface area contributed by atoms with Gasteiger partial charge in [0.2, 0.25) is 0 Å². The second-order valence-electron chi connectivity index (χ2n) is 5.81. The van der Waals surface area contributed by atoms with Crippen molar-refractivity contribution < 1.29 is 14.1 Å². The predicted octanol–water partition coefficient (Wildman–Crippen LogP) is 2.89. The Morgan fingerprint density at radius 2 is 1.91 bits per heavy atom. The highest BCUT2D eigenvalue weighted by Crippen LogP contribution is 2.34. The van der Waals surface area contributed by atoms with E-state index in [-0.39, 0.29) is 6.61 Å². The summed E-state index contributed by atoms with van der Waals surface area (Å²) in [5, 5.41) is 9.35. The molecule has 0 saturated carbocycles. The van der Waals surface area contributed by atoms with Crippen LogP contribution >= 0.6 is 0 Å². The summed E-state index contributed by atoms with van der Waals surface area (Å²) in [6.45, 7) is 4.64. The molecule has 0 fully saturated rings. The highest BCUT2D eigenvalue weighted by Gasteiger charge is 2.27. The smallest absolute Gasteiger partial charge is 0.153 e. The summed E-state index contributed by atoms with van der Waals surface area (Å²) in [5.41, 5.74) is 4.92. The van der Waals surface area contributed by atoms with E-state index in [0.717, 1.165) is 46.0 Å². The third kappa shape index (κ3) is 2.86. The molecule has 2 aromatic carbocycles. The molecule has 1 aliphatic heterocycles. The van der Waals surface area contributed by atoms with Gasteiger partial charge in [0.15, 0.2) is 11.0 Å². The average Bonchev–Trinajstić information content (AvgIpc) is 2.96. The number of aliphatic hydroxyl groups is 1. The molecule has 0 radical (unpaired) electrons. The van der Waals surface area contributed by atoms with E-state index < -0.39 is 11.0 Å². The SMILES string of the molecule is COc1cc(C)c(S(=O)N2CCc3ccc(CO)cc32)c(C)c1. The summed E-state index contributed by atoms with van der Waals surface area (Å²) in [4.78, 5) is 0.841. The Bertz CT molecular complexity index is 750. The zero-order valence-corrected chi connectivity index (χ0v) is 14.4. The van der Waals surface area contributed by atoms with Gasteiger partial charge >= 0.3 is 0 Å². The van der Waals surface area contributed by atoms with E-state index in [2.05, 4.69) is 0 Å². The second-order valence-corrected chi connectivity index (χ2v) is 7.16. The van der Waals surface area contributed by atoms with Crippen LogP contribution in [0.15, 0.2) is 35.2 Å². The third-order valence-electron chi connectivity index (χ3n) is 4.23. The van der Waals surface area contributed by atoms with Crippen LogP contribution in [0.2, 0.25) is 0 Å². The largest absolute Gasteiger partial charge is 0.497 e. The summed E-state index contributed by atoms with van der Waals surface area (Å²) in [6, 6.07) is 9.72. The molecule has 0 aliphatic carbocycles. The summed E-state index contributed by atoms with van der Waals surface area (Å²) in [6.07, 6.45) is 0.876. The van der Waals surface area contributed by atoms with E-state index in [1.807, 2.05) is 48.5 Å². The zero-order chi connectivity index (χ0) is 16.6. The van der Waals surface area contributed by atoms with Crippen molar-refractivity contribution >= 4 is 16.7 Å². The number of methoxy groups -OCH3 is 1. The quantitative estimate of drug-likeness (QED) is 0.937. The Balaban J connectivity index is 2.01. The van der Waals surface area contributed by atoms with Gasteiger partial charge in [0, 0.05) is 6.54 Å². The number of nitrogens with zero attached hydrogens (tertiary/aromatic N) is 1. The molecule has 3 rings (SSSR count). The molecule has 1 aliphatic rings. The molecule has 122 valence electrons. The number of hydrogen-bond acceptors (Lipinski definition) is 3. The lowest BCUT2D eigenvalue weighted by Gasteiger charge is -2.21. The molecular formula is C18H21NO3S. The monoisotopic (exact) mass is 331 g/mol. The van der Waals surface area contributed by atoms with Crippen LogP contribution < -0.4 is 9.04 Å². The Morgan fingerprint density at radius 3 is 2.52 bits per heavy atom. The molecule has 1 N–H and O–H groups in total. The number of aryl methyl sites for hydroxylation is 2. The van der Waals surface area contributed by atoms with Gasteiger partial charge in [-0.05, 0) is 60.7 Å². The van der Waals surface area contributed by atoms with Gasteiger partial charge in [-0.3, -0.25) is 4.31 Å². The van der Waals surface area contributed by atoms with E-state index in [1.165, 1.54) is 5.56 Å². The average molecular weight is 331 g/mol. The minimum Gasteiger partial charge on any atom is -0.497 e. The lowest BCUT2D eigenvalue weighted by Crippen LogP contribution is -2.24. The van der Waals surface area contributed by atoms with Crippen molar-refractivity contribution in [1.82, 2.24) is 0 Å². The Morgan fingerprint density at radius 1 is 1.22 bits per heavy atom. The molecule has 5 heteroatoms. The Kier molecular flexibility index (Phi) is 4.41. The van der Waals surface area contributed by atoms with Crippen LogP contribution in [0.4, 0.5) is 5.69 Å². The predicted molar refractivity (Wildman–Crippen MR) is 92.3 cm³/mol. The topological polar surface area (TPSA) is 49.8 Å². The van der Waals surface area contributed by atoms with Crippen LogP contribution in [0.5, 0.6) is 5.75 Å². The van der Waals surface area contributed by atoms with E-state index in [4.69, 9.17) is 4.74 Å². The molecule has 0 spiro atoms. The van der Waals surface area contributed by atoms with Gasteiger partial charge in [-0.2, -0.15) is 0 Å². The van der Waals surface area contributed by atoms with Gasteiger partial charge in [0.05, 0.1) is 24.3 Å². The number of rotatable bonds is 4. The first kappa shape index (κ1) is 16.0. The normalized spacial score (nSPS) is 14.7. The first-order chi connectivity index (χ1) is 11.0. The molecule has 0 amide bonds. The van der Waals surface area contributed by atoms with Gasteiger partial charge < -0.3 is 9.84 Å². The zero-order valence-electron chi connectivity index (χ0n) is 13.6. The van der Waals surface area contributed by atoms with E-state index in [0.29, 0.717) is 0 Å². The molecule has 23 heavy (non-hydrogen) atoms. The first-order valence-electron chi connectivity index (χ1n) is 7.62. The van der Waals surface area contributed by atoms with Gasteiger partial charge in [0.1, 0.15) is 5.75 Å². The maximum atomic E-state index is 13.2. The molecule has 2 aromatic rings. The summed E-state index contributed by atoms with van der Waals surface area (Å²) >= 11 is 0. The van der Waals surface area contributed by atoms with Crippen molar-refractivity contribution in [2.45, 2.75) is 31.8 Å². The van der Waals surface area contributed by atoms with Crippen molar-refractivity contribution in [1.29, 1.82) is 0 Å². The Labute approximate surface area is 139 Å². The second kappa shape index (κ2) is 6.34. The molecule has 0 aromatic heterocycles. The fourth-order valence-corrected chi connectivity index (χ4v) is 4.57. The maximum Gasteiger partial charge on any atom is 0.153 e. The van der Waals surface area contributed by atoms with Crippen molar-refractivity contribution in [3.63, 3.8) is 0 Å². The first-order valence-corrected chi connectivity index (χ1v) is 8.73. The van der Waals surface area contributed by atoms with Crippen molar-refractivity contribution in [3.05, 3.63) is 52.6 Å². The number of hydrogen-bond donors (Lipinski definition) is 1. The molecule has 0 bridgehead atoms. The van der Waals surface area contributed by atoms with Gasteiger partial charge in [-0.15, -0.1) is 0 Å². The highest BCUT2D eigenvalue weighted by molar-refractivity contribution is 7.86. The Hall–Kier alpha value is -1.85. The minimum absolute atomic E-state index is 0.00561. The molecule has 4 nitrogen and oxygen atoms in total. The molecule has 1 atom stereocenters. The van der Waals surface area contributed by atoms with Crippen LogP contribution in [0.3, 0.4) is 0 Å². The molecular weight excluding hydrogens is 310 g/mol. The van der Waals surface area contributed by atoms with Crippen molar-refractivity contribution in [2.75, 3.05) is 18.0 Å². The third-order valence-corrected chi connectivity index (χ3v) is 6.00. The van der Waals surface area contributed by atoms with Gasteiger partial charge in [0.25, 0.3) is 0 Å². The number of benzene rings is 2. The summed E-state index contributed by atoms with van der Waals surface area (Å²) in [7, 11) is 0.369. The lowest BCUT2D eigenvalue weighted by molar-refractivity contribution is 0.282.